The van der Waals surface area contributed by atoms with Gasteiger partial charge >= 0.3 is 11.9 Å². The van der Waals surface area contributed by atoms with E-state index in [0.717, 1.165) is 62.7 Å². The number of thiophene rings is 1. The number of esters is 2. The molecule has 0 atom stereocenters. The summed E-state index contributed by atoms with van der Waals surface area (Å²) >= 11 is 0.980. The van der Waals surface area contributed by atoms with Crippen LogP contribution in [0.3, 0.4) is 0 Å². The molecule has 25 heavy (non-hydrogen) atoms. The second-order valence-electron chi connectivity index (χ2n) is 7.06. The lowest BCUT2D eigenvalue weighted by Crippen LogP contribution is -2.21. The van der Waals surface area contributed by atoms with E-state index in [1.165, 1.54) is 12.8 Å². The van der Waals surface area contributed by atoms with Crippen molar-refractivity contribution in [1.29, 1.82) is 0 Å². The maximum atomic E-state index is 12.4. The zero-order valence-corrected chi connectivity index (χ0v) is 15.5. The van der Waals surface area contributed by atoms with Crippen molar-refractivity contribution in [3.05, 3.63) is 15.3 Å². The number of aromatic hydroxyl groups is 1. The summed E-state index contributed by atoms with van der Waals surface area (Å²) in [6, 6.07) is 0. The highest BCUT2D eigenvalue weighted by Crippen LogP contribution is 2.36. The van der Waals surface area contributed by atoms with E-state index in [1.807, 2.05) is 0 Å². The summed E-state index contributed by atoms with van der Waals surface area (Å²) in [7, 11) is 0. The molecule has 6 heteroatoms. The third-order valence-corrected chi connectivity index (χ3v) is 6.38. The topological polar surface area (TPSA) is 72.8 Å². The lowest BCUT2D eigenvalue weighted by Gasteiger charge is -2.21. The standard InChI is InChI=1S/C19H26O5S/c1-12-15(20)17(19(22)24-14-10-6-3-7-11-14)25-16(12)18(21)23-13-8-4-2-5-9-13/h13-14,20H,2-11H2,1H3. The van der Waals surface area contributed by atoms with Gasteiger partial charge < -0.3 is 14.6 Å². The van der Waals surface area contributed by atoms with Crippen LogP contribution in [0.1, 0.15) is 89.1 Å². The zero-order valence-electron chi connectivity index (χ0n) is 14.7. The van der Waals surface area contributed by atoms with Gasteiger partial charge in [0.05, 0.1) is 0 Å². The van der Waals surface area contributed by atoms with E-state index in [4.69, 9.17) is 9.47 Å². The van der Waals surface area contributed by atoms with Gasteiger partial charge in [0.15, 0.2) is 4.88 Å². The molecule has 0 spiro atoms. The lowest BCUT2D eigenvalue weighted by atomic mass is 9.98. The van der Waals surface area contributed by atoms with Crippen molar-refractivity contribution in [2.45, 2.75) is 83.3 Å². The summed E-state index contributed by atoms with van der Waals surface area (Å²) in [5.74, 6) is -1.13. The van der Waals surface area contributed by atoms with E-state index in [1.54, 1.807) is 6.92 Å². The number of hydrogen-bond acceptors (Lipinski definition) is 6. The molecule has 0 amide bonds. The van der Waals surface area contributed by atoms with E-state index < -0.39 is 11.9 Å². The van der Waals surface area contributed by atoms with E-state index >= 15 is 0 Å². The highest BCUT2D eigenvalue weighted by molar-refractivity contribution is 7.16. The average Bonchev–Trinajstić information content (AvgIpc) is 2.92. The molecule has 2 saturated carbocycles. The molecule has 3 rings (SSSR count). The van der Waals surface area contributed by atoms with Crippen molar-refractivity contribution in [3.63, 3.8) is 0 Å². The summed E-state index contributed by atoms with van der Waals surface area (Å²) in [4.78, 5) is 25.2. The molecular formula is C19H26O5S. The number of hydrogen-bond donors (Lipinski definition) is 1. The smallest absolute Gasteiger partial charge is 0.352 e. The van der Waals surface area contributed by atoms with Crippen LogP contribution >= 0.6 is 11.3 Å². The van der Waals surface area contributed by atoms with Crippen LogP contribution in [-0.2, 0) is 9.47 Å². The van der Waals surface area contributed by atoms with Gasteiger partial charge in [0.25, 0.3) is 0 Å². The first kappa shape index (κ1) is 18.2. The molecule has 2 aliphatic carbocycles. The van der Waals surface area contributed by atoms with E-state index in [2.05, 4.69) is 0 Å². The Balaban J connectivity index is 1.68. The SMILES string of the molecule is Cc1c(C(=O)OC2CCCCC2)sc(C(=O)OC2CCCCC2)c1O. The van der Waals surface area contributed by atoms with Crippen LogP contribution in [0.4, 0.5) is 0 Å². The van der Waals surface area contributed by atoms with Crippen molar-refractivity contribution in [2.75, 3.05) is 0 Å². The molecule has 2 fully saturated rings. The summed E-state index contributed by atoms with van der Waals surface area (Å²) in [6.45, 7) is 1.64. The fraction of sp³-hybridized carbons (Fsp3) is 0.684. The minimum Gasteiger partial charge on any atom is -0.506 e. The third kappa shape index (κ3) is 4.35. The molecule has 2 aliphatic rings. The molecular weight excluding hydrogens is 340 g/mol. The van der Waals surface area contributed by atoms with Gasteiger partial charge in [-0.05, 0) is 58.3 Å². The Morgan fingerprint density at radius 1 is 0.840 bits per heavy atom. The molecule has 0 radical (unpaired) electrons. The van der Waals surface area contributed by atoms with Crippen LogP contribution in [0.2, 0.25) is 0 Å². The Morgan fingerprint density at radius 3 is 1.76 bits per heavy atom. The number of ether oxygens (including phenoxy) is 2. The minimum absolute atomic E-state index is 0.0532. The quantitative estimate of drug-likeness (QED) is 0.779. The Labute approximate surface area is 152 Å². The van der Waals surface area contributed by atoms with Gasteiger partial charge in [0, 0.05) is 5.56 Å². The molecule has 0 aromatic carbocycles. The molecule has 1 aromatic heterocycles. The minimum atomic E-state index is -0.533. The highest BCUT2D eigenvalue weighted by atomic mass is 32.1. The fourth-order valence-electron chi connectivity index (χ4n) is 3.61. The van der Waals surface area contributed by atoms with E-state index in [-0.39, 0.29) is 22.8 Å². The monoisotopic (exact) mass is 366 g/mol. The first-order chi connectivity index (χ1) is 12.1. The summed E-state index contributed by atoms with van der Waals surface area (Å²) in [5, 5.41) is 10.3. The summed E-state index contributed by atoms with van der Waals surface area (Å²) in [5.41, 5.74) is 0.404. The second kappa shape index (κ2) is 8.21. The van der Waals surface area contributed by atoms with Gasteiger partial charge in [-0.2, -0.15) is 0 Å². The summed E-state index contributed by atoms with van der Waals surface area (Å²) < 4.78 is 11.1. The Hall–Kier alpha value is -1.56. The van der Waals surface area contributed by atoms with Crippen LogP contribution in [0.15, 0.2) is 0 Å². The molecule has 0 saturated heterocycles. The summed E-state index contributed by atoms with van der Waals surface area (Å²) in [6.07, 6.45) is 10.0. The average molecular weight is 366 g/mol. The third-order valence-electron chi connectivity index (χ3n) is 5.14. The van der Waals surface area contributed by atoms with Crippen LogP contribution in [0.5, 0.6) is 5.75 Å². The van der Waals surface area contributed by atoms with E-state index in [9.17, 15) is 14.7 Å². The van der Waals surface area contributed by atoms with Crippen LogP contribution in [0, 0.1) is 6.92 Å². The Bertz CT molecular complexity index is 572. The zero-order chi connectivity index (χ0) is 17.8. The fourth-order valence-corrected chi connectivity index (χ4v) is 4.58. The molecule has 1 aromatic rings. The van der Waals surface area contributed by atoms with E-state index in [0.29, 0.717) is 10.4 Å². The van der Waals surface area contributed by atoms with Gasteiger partial charge in [0.1, 0.15) is 22.8 Å². The Morgan fingerprint density at radius 2 is 1.28 bits per heavy atom. The first-order valence-electron chi connectivity index (χ1n) is 9.30. The largest absolute Gasteiger partial charge is 0.506 e. The van der Waals surface area contributed by atoms with Crippen molar-refractivity contribution < 1.29 is 24.2 Å². The maximum absolute atomic E-state index is 12.4. The van der Waals surface area contributed by atoms with Crippen LogP contribution in [-0.4, -0.2) is 29.3 Å². The van der Waals surface area contributed by atoms with Crippen LogP contribution < -0.4 is 0 Å². The molecule has 138 valence electrons. The molecule has 0 aliphatic heterocycles. The number of carbonyl (C=O) groups is 2. The first-order valence-corrected chi connectivity index (χ1v) is 10.1. The van der Waals surface area contributed by atoms with Crippen molar-refractivity contribution in [2.24, 2.45) is 0 Å². The normalized spacial score (nSPS) is 19.6. The maximum Gasteiger partial charge on any atom is 0.352 e. The van der Waals surface area contributed by atoms with Crippen molar-refractivity contribution in [3.8, 4) is 5.75 Å². The molecule has 0 bridgehead atoms. The van der Waals surface area contributed by atoms with Crippen molar-refractivity contribution >= 4 is 23.3 Å². The number of rotatable bonds is 4. The number of carbonyl (C=O) groups excluding carboxylic acids is 2. The highest BCUT2D eigenvalue weighted by Gasteiger charge is 2.29. The molecule has 1 heterocycles. The predicted octanol–water partition coefficient (Wildman–Crippen LogP) is 4.74. The van der Waals surface area contributed by atoms with Crippen LogP contribution in [0.25, 0.3) is 0 Å². The van der Waals surface area contributed by atoms with Gasteiger partial charge in [0.2, 0.25) is 0 Å². The van der Waals surface area contributed by atoms with Gasteiger partial charge in [-0.3, -0.25) is 0 Å². The second-order valence-corrected chi connectivity index (χ2v) is 8.09. The van der Waals surface area contributed by atoms with Gasteiger partial charge in [-0.1, -0.05) is 12.8 Å². The molecule has 1 N–H and O–H groups in total. The Kier molecular flexibility index (Phi) is 5.99. The predicted molar refractivity (Wildman–Crippen MR) is 95.3 cm³/mol. The van der Waals surface area contributed by atoms with Gasteiger partial charge in [-0.25, -0.2) is 9.59 Å². The molecule has 5 nitrogen and oxygen atoms in total. The van der Waals surface area contributed by atoms with Gasteiger partial charge in [-0.15, -0.1) is 11.3 Å². The molecule has 0 unspecified atom stereocenters. The van der Waals surface area contributed by atoms with Crippen molar-refractivity contribution in [1.82, 2.24) is 0 Å². The lowest BCUT2D eigenvalue weighted by molar-refractivity contribution is 0.0206.